The zero-order valence-corrected chi connectivity index (χ0v) is 13.2. The molecule has 1 atom stereocenters. The van der Waals surface area contributed by atoms with E-state index in [2.05, 4.69) is 12.2 Å². The molecule has 0 aliphatic carbocycles. The third-order valence-electron chi connectivity index (χ3n) is 2.63. The van der Waals surface area contributed by atoms with Crippen LogP contribution in [0.15, 0.2) is 0 Å². The van der Waals surface area contributed by atoms with Gasteiger partial charge in [0.1, 0.15) is 0 Å². The van der Waals surface area contributed by atoms with Crippen LogP contribution in [0.2, 0.25) is 5.54 Å². The normalized spacial score (nSPS) is 12.5. The van der Waals surface area contributed by atoms with Gasteiger partial charge < -0.3 is 18.9 Å². The molecule has 108 valence electrons. The third-order valence-corrected chi connectivity index (χ3v) is 5.53. The molecule has 0 saturated heterocycles. The predicted octanol–water partition coefficient (Wildman–Crippen LogP) is 2.20. The van der Waals surface area contributed by atoms with Gasteiger partial charge in [-0.1, -0.05) is 13.3 Å². The first-order valence-electron chi connectivity index (χ1n) is 6.83. The average molecular weight is 277 g/mol. The monoisotopic (exact) mass is 277 g/mol. The predicted molar refractivity (Wildman–Crippen MR) is 74.1 cm³/mol. The van der Waals surface area contributed by atoms with Crippen molar-refractivity contribution in [3.8, 4) is 0 Å². The highest BCUT2D eigenvalue weighted by atomic mass is 28.3. The zero-order chi connectivity index (χ0) is 13.8. The van der Waals surface area contributed by atoms with Crippen molar-refractivity contribution in [1.29, 1.82) is 0 Å². The molecule has 1 amide bonds. The van der Waals surface area contributed by atoms with Crippen molar-refractivity contribution >= 4 is 15.4 Å². The summed E-state index contributed by atoms with van der Waals surface area (Å²) >= 11 is 0. The minimum atomic E-state index is -1.62. The number of amides is 1. The number of rotatable bonds is 10. The van der Waals surface area contributed by atoms with Gasteiger partial charge in [-0.25, -0.2) is 4.79 Å². The van der Waals surface area contributed by atoms with E-state index < -0.39 is 9.28 Å². The van der Waals surface area contributed by atoms with Gasteiger partial charge in [-0.2, -0.15) is 0 Å². The van der Waals surface area contributed by atoms with Crippen LogP contribution in [0.25, 0.3) is 0 Å². The maximum absolute atomic E-state index is 11.1. The summed E-state index contributed by atoms with van der Waals surface area (Å²) in [6, 6.07) is 0. The summed E-state index contributed by atoms with van der Waals surface area (Å²) in [5.41, 5.74) is 0.423. The minimum Gasteiger partial charge on any atom is -0.450 e. The minimum absolute atomic E-state index is 0.349. The number of hydrogen-bond acceptors (Lipinski definition) is 4. The molecule has 0 aromatic carbocycles. The molecule has 0 fully saturated rings. The molecule has 18 heavy (non-hydrogen) atoms. The van der Waals surface area contributed by atoms with Gasteiger partial charge in [0.25, 0.3) is 0 Å². The molecular formula is C12H27NO4Si. The molecule has 0 radical (unpaired) electrons. The van der Waals surface area contributed by atoms with Gasteiger partial charge >= 0.3 is 15.4 Å². The third kappa shape index (κ3) is 7.68. The van der Waals surface area contributed by atoms with E-state index in [9.17, 15) is 4.79 Å². The number of alkyl carbamates (subject to hydrolysis) is 1. The first-order chi connectivity index (χ1) is 8.69. The highest BCUT2D eigenvalue weighted by molar-refractivity contribution is 6.46. The van der Waals surface area contributed by atoms with E-state index >= 15 is 0 Å². The van der Waals surface area contributed by atoms with Crippen molar-refractivity contribution in [2.24, 2.45) is 0 Å². The Kier molecular flexibility index (Phi) is 11.1. The fourth-order valence-electron chi connectivity index (χ4n) is 1.72. The largest absolute Gasteiger partial charge is 0.450 e. The lowest BCUT2D eigenvalue weighted by atomic mass is 10.2. The SMILES string of the molecule is CCOC(=O)NCCC(CC)[SiH](OCC)OCC. The summed E-state index contributed by atoms with van der Waals surface area (Å²) < 4.78 is 16.2. The van der Waals surface area contributed by atoms with E-state index in [1.165, 1.54) is 0 Å². The maximum Gasteiger partial charge on any atom is 0.407 e. The summed E-state index contributed by atoms with van der Waals surface area (Å²) in [6.45, 7) is 10.3. The molecule has 0 aliphatic heterocycles. The van der Waals surface area contributed by atoms with Crippen molar-refractivity contribution in [2.45, 2.75) is 46.1 Å². The van der Waals surface area contributed by atoms with Gasteiger partial charge in [-0.15, -0.1) is 0 Å². The highest BCUT2D eigenvalue weighted by Gasteiger charge is 2.24. The Labute approximate surface area is 112 Å². The first kappa shape index (κ1) is 17.4. The molecular weight excluding hydrogens is 250 g/mol. The van der Waals surface area contributed by atoms with E-state index in [1.807, 2.05) is 13.8 Å². The highest BCUT2D eigenvalue weighted by Crippen LogP contribution is 2.20. The van der Waals surface area contributed by atoms with Crippen LogP contribution in [-0.2, 0) is 13.6 Å². The molecule has 0 saturated carbocycles. The molecule has 6 heteroatoms. The average Bonchev–Trinajstić information content (AvgIpc) is 2.35. The lowest BCUT2D eigenvalue weighted by Crippen LogP contribution is -2.32. The second-order valence-corrected chi connectivity index (χ2v) is 6.23. The number of ether oxygens (including phenoxy) is 1. The van der Waals surface area contributed by atoms with Crippen LogP contribution in [0.3, 0.4) is 0 Å². The second kappa shape index (κ2) is 11.5. The van der Waals surface area contributed by atoms with Crippen molar-refractivity contribution in [3.05, 3.63) is 0 Å². The van der Waals surface area contributed by atoms with Crippen molar-refractivity contribution < 1.29 is 18.4 Å². The van der Waals surface area contributed by atoms with Gasteiger partial charge in [0, 0.05) is 25.3 Å². The van der Waals surface area contributed by atoms with Gasteiger partial charge in [-0.05, 0) is 27.2 Å². The van der Waals surface area contributed by atoms with Crippen LogP contribution < -0.4 is 5.32 Å². The van der Waals surface area contributed by atoms with E-state index in [0.29, 0.717) is 31.9 Å². The molecule has 0 aromatic heterocycles. The molecule has 0 heterocycles. The molecule has 5 nitrogen and oxygen atoms in total. The summed E-state index contributed by atoms with van der Waals surface area (Å²) in [5.74, 6) is 0. The Balaban J connectivity index is 4.02. The summed E-state index contributed by atoms with van der Waals surface area (Å²) in [6.07, 6.45) is 1.55. The van der Waals surface area contributed by atoms with Crippen LogP contribution in [0.1, 0.15) is 40.5 Å². The Morgan fingerprint density at radius 2 is 1.72 bits per heavy atom. The standard InChI is InChI=1S/C12H27NO4Si/c1-5-11(18(16-7-3)17-8-4)9-10-13-12(14)15-6-2/h11,18H,5-10H2,1-4H3,(H,13,14). The lowest BCUT2D eigenvalue weighted by Gasteiger charge is -2.23. The second-order valence-electron chi connectivity index (χ2n) is 3.88. The van der Waals surface area contributed by atoms with Crippen LogP contribution in [0, 0.1) is 0 Å². The Bertz CT molecular complexity index is 210. The molecule has 0 bridgehead atoms. The number of hydrogen-bond donors (Lipinski definition) is 1. The Morgan fingerprint density at radius 3 is 2.17 bits per heavy atom. The van der Waals surface area contributed by atoms with E-state index in [0.717, 1.165) is 12.8 Å². The van der Waals surface area contributed by atoms with Crippen LogP contribution >= 0.6 is 0 Å². The van der Waals surface area contributed by atoms with Crippen LogP contribution in [0.4, 0.5) is 4.79 Å². The fraction of sp³-hybridized carbons (Fsp3) is 0.917. The Hall–Kier alpha value is -0.593. The number of carbonyl (C=O) groups excluding carboxylic acids is 1. The van der Waals surface area contributed by atoms with Crippen molar-refractivity contribution in [2.75, 3.05) is 26.4 Å². The van der Waals surface area contributed by atoms with Gasteiger partial charge in [0.05, 0.1) is 6.61 Å². The van der Waals surface area contributed by atoms with Crippen LogP contribution in [0.5, 0.6) is 0 Å². The molecule has 0 aromatic rings. The molecule has 0 rings (SSSR count). The topological polar surface area (TPSA) is 56.8 Å². The molecule has 0 spiro atoms. The molecule has 1 unspecified atom stereocenters. The van der Waals surface area contributed by atoms with Gasteiger partial charge in [-0.3, -0.25) is 0 Å². The molecule has 0 aliphatic rings. The Morgan fingerprint density at radius 1 is 1.11 bits per heavy atom. The number of carbonyl (C=O) groups is 1. The fourth-order valence-corrected chi connectivity index (χ4v) is 3.84. The summed E-state index contributed by atoms with van der Waals surface area (Å²) in [7, 11) is -1.62. The first-order valence-corrected chi connectivity index (χ1v) is 8.44. The van der Waals surface area contributed by atoms with E-state index in [-0.39, 0.29) is 6.09 Å². The van der Waals surface area contributed by atoms with Gasteiger partial charge in [0.2, 0.25) is 0 Å². The maximum atomic E-state index is 11.1. The zero-order valence-electron chi connectivity index (χ0n) is 12.0. The van der Waals surface area contributed by atoms with E-state index in [4.69, 9.17) is 13.6 Å². The van der Waals surface area contributed by atoms with Crippen molar-refractivity contribution in [3.63, 3.8) is 0 Å². The summed E-state index contributed by atoms with van der Waals surface area (Å²) in [5, 5.41) is 2.74. The molecule has 1 N–H and O–H groups in total. The quantitative estimate of drug-likeness (QED) is 0.622. The van der Waals surface area contributed by atoms with Crippen LogP contribution in [-0.4, -0.2) is 41.7 Å². The smallest absolute Gasteiger partial charge is 0.407 e. The van der Waals surface area contributed by atoms with Gasteiger partial charge in [0.15, 0.2) is 0 Å². The summed E-state index contributed by atoms with van der Waals surface area (Å²) in [4.78, 5) is 11.1. The van der Waals surface area contributed by atoms with Crippen molar-refractivity contribution in [1.82, 2.24) is 5.32 Å². The number of nitrogens with one attached hydrogen (secondary N) is 1. The lowest BCUT2D eigenvalue weighted by molar-refractivity contribution is 0.151. The van der Waals surface area contributed by atoms with E-state index in [1.54, 1.807) is 6.92 Å².